The second kappa shape index (κ2) is 6.99. The van der Waals surface area contributed by atoms with E-state index in [1.807, 2.05) is 13.8 Å². The minimum absolute atomic E-state index is 0.0106. The Balaban J connectivity index is 2.71. The molecule has 1 unspecified atom stereocenters. The third kappa shape index (κ3) is 4.96. The summed E-state index contributed by atoms with van der Waals surface area (Å²) in [5, 5.41) is 15.8. The van der Waals surface area contributed by atoms with Gasteiger partial charge in [-0.3, -0.25) is 14.4 Å². The predicted octanol–water partition coefficient (Wildman–Crippen LogP) is 1.33. The zero-order valence-electron chi connectivity index (χ0n) is 11.5. The maximum atomic E-state index is 12.0. The van der Waals surface area contributed by atoms with Gasteiger partial charge in [-0.15, -0.1) is 11.3 Å². The van der Waals surface area contributed by atoms with E-state index in [1.165, 1.54) is 12.3 Å². The Kier molecular flexibility index (Phi) is 5.63. The number of aromatic nitrogens is 1. The number of carbonyl (C=O) groups is 3. The fourth-order valence-electron chi connectivity index (χ4n) is 1.47. The van der Waals surface area contributed by atoms with Crippen LogP contribution >= 0.6 is 11.3 Å². The summed E-state index contributed by atoms with van der Waals surface area (Å²) in [6, 6.07) is -0.467. The third-order valence-corrected chi connectivity index (χ3v) is 3.29. The summed E-state index contributed by atoms with van der Waals surface area (Å²) < 4.78 is 0. The maximum Gasteiger partial charge on any atom is 0.305 e. The van der Waals surface area contributed by atoms with E-state index in [9.17, 15) is 14.4 Å². The van der Waals surface area contributed by atoms with Crippen molar-refractivity contribution in [1.29, 1.82) is 0 Å². The molecule has 8 heteroatoms. The monoisotopic (exact) mass is 299 g/mol. The molecule has 1 aromatic rings. The number of hydrogen-bond donors (Lipinski definition) is 3. The average Bonchev–Trinajstić information content (AvgIpc) is 2.74. The molecule has 0 saturated heterocycles. The summed E-state index contributed by atoms with van der Waals surface area (Å²) in [4.78, 5) is 37.6. The lowest BCUT2D eigenvalue weighted by molar-refractivity contribution is -0.137. The van der Waals surface area contributed by atoms with Crippen LogP contribution in [0, 0.1) is 5.92 Å². The van der Waals surface area contributed by atoms with Gasteiger partial charge in [0.2, 0.25) is 5.91 Å². The quantitative estimate of drug-likeness (QED) is 0.734. The summed E-state index contributed by atoms with van der Waals surface area (Å²) in [6.07, 6.45) is -0.147. The fraction of sp³-hybridized carbons (Fsp3) is 0.500. The molecular formula is C12H17N3O4S. The van der Waals surface area contributed by atoms with Crippen LogP contribution < -0.4 is 10.6 Å². The van der Waals surface area contributed by atoms with Crippen LogP contribution in [-0.2, 0) is 9.59 Å². The molecule has 1 atom stereocenters. The van der Waals surface area contributed by atoms with Crippen molar-refractivity contribution in [1.82, 2.24) is 10.3 Å². The van der Waals surface area contributed by atoms with Crippen LogP contribution in [0.2, 0.25) is 0 Å². The number of nitrogens with one attached hydrogen (secondary N) is 2. The Morgan fingerprint density at radius 3 is 2.55 bits per heavy atom. The highest BCUT2D eigenvalue weighted by atomic mass is 32.1. The summed E-state index contributed by atoms with van der Waals surface area (Å²) in [5.41, 5.74) is 0.162. The number of thiazole rings is 1. The van der Waals surface area contributed by atoms with E-state index in [0.717, 1.165) is 11.3 Å². The molecule has 0 aliphatic carbocycles. The molecule has 20 heavy (non-hydrogen) atoms. The summed E-state index contributed by atoms with van der Waals surface area (Å²) >= 11 is 1.14. The highest BCUT2D eigenvalue weighted by molar-refractivity contribution is 7.14. The van der Waals surface area contributed by atoms with Crippen molar-refractivity contribution in [2.75, 3.05) is 5.32 Å². The lowest BCUT2D eigenvalue weighted by Gasteiger charge is -2.19. The Hall–Kier alpha value is -1.96. The van der Waals surface area contributed by atoms with Crippen LogP contribution in [0.1, 0.15) is 37.7 Å². The lowest BCUT2D eigenvalue weighted by Crippen LogP contribution is -2.40. The van der Waals surface area contributed by atoms with Gasteiger partial charge in [0, 0.05) is 18.3 Å². The van der Waals surface area contributed by atoms with Gasteiger partial charge in [-0.2, -0.15) is 0 Å². The van der Waals surface area contributed by atoms with Crippen LogP contribution in [0.4, 0.5) is 5.13 Å². The van der Waals surface area contributed by atoms with Gasteiger partial charge in [-0.05, 0) is 5.92 Å². The molecule has 3 N–H and O–H groups in total. The summed E-state index contributed by atoms with van der Waals surface area (Å²) in [7, 11) is 0. The minimum atomic E-state index is -0.971. The number of anilines is 1. The Morgan fingerprint density at radius 2 is 2.05 bits per heavy atom. The highest BCUT2D eigenvalue weighted by Gasteiger charge is 2.21. The second-order valence-corrected chi connectivity index (χ2v) is 5.50. The van der Waals surface area contributed by atoms with Gasteiger partial charge in [0.25, 0.3) is 5.91 Å². The van der Waals surface area contributed by atoms with Gasteiger partial charge in [0.15, 0.2) is 5.13 Å². The van der Waals surface area contributed by atoms with Crippen molar-refractivity contribution < 1.29 is 19.5 Å². The standard InChI is InChI=1S/C12H17N3O4S/c1-6(2)8(4-10(17)18)14-11(19)9-5-20-12(15-9)13-7(3)16/h5-6,8H,4H2,1-3H3,(H,14,19)(H,17,18)(H,13,15,16). The highest BCUT2D eigenvalue weighted by Crippen LogP contribution is 2.16. The molecule has 0 aliphatic rings. The van der Waals surface area contributed by atoms with Gasteiger partial charge in [0.05, 0.1) is 6.42 Å². The molecule has 0 fully saturated rings. The number of amides is 2. The predicted molar refractivity (Wildman–Crippen MR) is 74.8 cm³/mol. The zero-order chi connectivity index (χ0) is 15.3. The van der Waals surface area contributed by atoms with E-state index in [4.69, 9.17) is 5.11 Å². The largest absolute Gasteiger partial charge is 0.481 e. The van der Waals surface area contributed by atoms with Gasteiger partial charge >= 0.3 is 5.97 Å². The van der Waals surface area contributed by atoms with Crippen LogP contribution in [0.3, 0.4) is 0 Å². The molecule has 0 aliphatic heterocycles. The number of aliphatic carboxylic acids is 1. The van der Waals surface area contributed by atoms with Crippen molar-refractivity contribution >= 4 is 34.3 Å². The molecule has 7 nitrogen and oxygen atoms in total. The van der Waals surface area contributed by atoms with Crippen molar-refractivity contribution in [3.05, 3.63) is 11.1 Å². The Bertz CT molecular complexity index is 513. The van der Waals surface area contributed by atoms with Gasteiger partial charge < -0.3 is 15.7 Å². The molecule has 0 radical (unpaired) electrons. The first-order valence-electron chi connectivity index (χ1n) is 6.05. The van der Waals surface area contributed by atoms with Gasteiger partial charge in [-0.25, -0.2) is 4.98 Å². The minimum Gasteiger partial charge on any atom is -0.481 e. The number of hydrogen-bond acceptors (Lipinski definition) is 5. The molecular weight excluding hydrogens is 282 g/mol. The first kappa shape index (κ1) is 16.1. The Morgan fingerprint density at radius 1 is 1.40 bits per heavy atom. The molecule has 0 bridgehead atoms. The molecule has 1 aromatic heterocycles. The second-order valence-electron chi connectivity index (χ2n) is 4.64. The average molecular weight is 299 g/mol. The van der Waals surface area contributed by atoms with Crippen molar-refractivity contribution in [3.63, 3.8) is 0 Å². The Labute approximate surface area is 120 Å². The van der Waals surface area contributed by atoms with Crippen molar-refractivity contribution in [2.24, 2.45) is 5.92 Å². The van der Waals surface area contributed by atoms with E-state index >= 15 is 0 Å². The van der Waals surface area contributed by atoms with Crippen LogP contribution in [-0.4, -0.2) is 33.9 Å². The first-order valence-corrected chi connectivity index (χ1v) is 6.93. The van der Waals surface area contributed by atoms with Crippen LogP contribution in [0.15, 0.2) is 5.38 Å². The molecule has 1 heterocycles. The van der Waals surface area contributed by atoms with Gasteiger partial charge in [-0.1, -0.05) is 13.8 Å². The van der Waals surface area contributed by atoms with E-state index in [0.29, 0.717) is 5.13 Å². The summed E-state index contributed by atoms with van der Waals surface area (Å²) in [5.74, 6) is -1.69. The molecule has 0 aromatic carbocycles. The number of rotatable bonds is 6. The zero-order valence-corrected chi connectivity index (χ0v) is 12.3. The van der Waals surface area contributed by atoms with Gasteiger partial charge in [0.1, 0.15) is 5.69 Å². The summed E-state index contributed by atoms with van der Waals surface area (Å²) in [6.45, 7) is 5.01. The number of carbonyl (C=O) groups excluding carboxylic acids is 2. The molecule has 110 valence electrons. The molecule has 1 rings (SSSR count). The normalized spacial score (nSPS) is 12.0. The smallest absolute Gasteiger partial charge is 0.305 e. The maximum absolute atomic E-state index is 12.0. The topological polar surface area (TPSA) is 108 Å². The number of carboxylic acids is 1. The van der Waals surface area contributed by atoms with E-state index in [2.05, 4.69) is 15.6 Å². The third-order valence-electron chi connectivity index (χ3n) is 2.54. The van der Waals surface area contributed by atoms with Crippen LogP contribution in [0.25, 0.3) is 0 Å². The van der Waals surface area contributed by atoms with Crippen LogP contribution in [0.5, 0.6) is 0 Å². The lowest BCUT2D eigenvalue weighted by atomic mass is 10.0. The number of carboxylic acid groups (broad SMARTS) is 1. The van der Waals surface area contributed by atoms with E-state index in [1.54, 1.807) is 0 Å². The molecule has 0 spiro atoms. The van der Waals surface area contributed by atoms with E-state index in [-0.39, 0.29) is 23.9 Å². The first-order chi connectivity index (χ1) is 9.29. The molecule has 0 saturated carbocycles. The molecule has 2 amide bonds. The van der Waals surface area contributed by atoms with Crippen molar-refractivity contribution in [3.8, 4) is 0 Å². The number of nitrogens with zero attached hydrogens (tertiary/aromatic N) is 1. The van der Waals surface area contributed by atoms with Crippen molar-refractivity contribution in [2.45, 2.75) is 33.2 Å². The SMILES string of the molecule is CC(=O)Nc1nc(C(=O)NC(CC(=O)O)C(C)C)cs1. The fourth-order valence-corrected chi connectivity index (χ4v) is 2.21. The van der Waals surface area contributed by atoms with E-state index < -0.39 is 17.9 Å².